The van der Waals surface area contributed by atoms with Gasteiger partial charge in [0, 0.05) is 37.8 Å². The molecule has 30 heavy (non-hydrogen) atoms. The number of aliphatic hydroxyl groups excluding tert-OH is 1. The molecule has 1 amide bonds. The van der Waals surface area contributed by atoms with Crippen molar-refractivity contribution < 1.29 is 22.7 Å². The van der Waals surface area contributed by atoms with E-state index in [0.717, 1.165) is 18.4 Å². The van der Waals surface area contributed by atoms with Crippen LogP contribution in [0.1, 0.15) is 35.3 Å². The molecule has 4 rings (SSSR count). The normalized spacial score (nSPS) is 22.7. The topological polar surface area (TPSA) is 93.7 Å². The summed E-state index contributed by atoms with van der Waals surface area (Å²) in [5.41, 5.74) is 0.509. The summed E-state index contributed by atoms with van der Waals surface area (Å²) in [5, 5.41) is 10.0. The summed E-state index contributed by atoms with van der Waals surface area (Å²) < 4.78 is 40.8. The summed E-state index contributed by atoms with van der Waals surface area (Å²) in [6.07, 6.45) is 4.24. The summed E-state index contributed by atoms with van der Waals surface area (Å²) >= 11 is 0. The zero-order chi connectivity index (χ0) is 21.4. The van der Waals surface area contributed by atoms with Gasteiger partial charge in [-0.1, -0.05) is 12.1 Å². The van der Waals surface area contributed by atoms with E-state index >= 15 is 0 Å². The Morgan fingerprint density at radius 1 is 1.17 bits per heavy atom. The molecule has 0 aliphatic carbocycles. The highest BCUT2D eigenvalue weighted by Gasteiger charge is 2.43. The quantitative estimate of drug-likeness (QED) is 0.726. The maximum atomic E-state index is 13.2. The minimum absolute atomic E-state index is 0.0561. The number of likely N-dealkylation sites (tertiary alicyclic amines) is 1. The van der Waals surface area contributed by atoms with Gasteiger partial charge in [-0.25, -0.2) is 12.8 Å². The number of carbonyl (C=O) groups excluding carboxylic acids is 1. The maximum absolute atomic E-state index is 13.2. The highest BCUT2D eigenvalue weighted by Crippen LogP contribution is 2.36. The summed E-state index contributed by atoms with van der Waals surface area (Å²) in [7, 11) is -3.79. The molecule has 0 spiro atoms. The van der Waals surface area contributed by atoms with E-state index in [9.17, 15) is 22.7 Å². The van der Waals surface area contributed by atoms with Crippen molar-refractivity contribution in [3.63, 3.8) is 0 Å². The standard InChI is InChI=1S/C21H26FN3O4S/c22-17-5-3-16(4-6-17)12-21(15-26)7-10-25(14-21)30(28,29)18-11-19(23-13-18)20(27)24-8-1-2-9-24/h3-6,11,13,23,26H,1-2,7-10,12,14-15H2. The number of hydrogen-bond donors (Lipinski definition) is 2. The van der Waals surface area contributed by atoms with Crippen molar-refractivity contribution in [3.8, 4) is 0 Å². The fourth-order valence-electron chi connectivity index (χ4n) is 4.35. The number of nitrogens with zero attached hydrogens (tertiary/aromatic N) is 2. The third-order valence-corrected chi connectivity index (χ3v) is 7.97. The van der Waals surface area contributed by atoms with Crippen LogP contribution in [0.25, 0.3) is 0 Å². The van der Waals surface area contributed by atoms with Gasteiger partial charge in [-0.3, -0.25) is 4.79 Å². The van der Waals surface area contributed by atoms with Crippen LogP contribution >= 0.6 is 0 Å². The van der Waals surface area contributed by atoms with Crippen molar-refractivity contribution in [1.29, 1.82) is 0 Å². The molecule has 1 aromatic heterocycles. The molecule has 2 aliphatic heterocycles. The number of nitrogens with one attached hydrogen (secondary N) is 1. The zero-order valence-corrected chi connectivity index (χ0v) is 17.5. The van der Waals surface area contributed by atoms with Crippen LogP contribution in [0, 0.1) is 11.2 Å². The average molecular weight is 436 g/mol. The van der Waals surface area contributed by atoms with Crippen LogP contribution in [0.2, 0.25) is 0 Å². The van der Waals surface area contributed by atoms with Gasteiger partial charge in [0.2, 0.25) is 10.0 Å². The Hall–Kier alpha value is -2.23. The van der Waals surface area contributed by atoms with E-state index in [2.05, 4.69) is 4.98 Å². The molecular formula is C21H26FN3O4S. The van der Waals surface area contributed by atoms with E-state index in [4.69, 9.17) is 0 Å². The molecule has 2 fully saturated rings. The molecule has 9 heteroatoms. The molecule has 2 aromatic rings. The smallest absolute Gasteiger partial charge is 0.270 e. The molecule has 0 radical (unpaired) electrons. The van der Waals surface area contributed by atoms with Crippen LogP contribution < -0.4 is 0 Å². The highest BCUT2D eigenvalue weighted by atomic mass is 32.2. The fraction of sp³-hybridized carbons (Fsp3) is 0.476. The molecule has 1 unspecified atom stereocenters. The van der Waals surface area contributed by atoms with Gasteiger partial charge in [0.1, 0.15) is 16.4 Å². The van der Waals surface area contributed by atoms with E-state index in [1.165, 1.54) is 28.7 Å². The molecule has 7 nitrogen and oxygen atoms in total. The number of aromatic amines is 1. The first-order chi connectivity index (χ1) is 14.3. The van der Waals surface area contributed by atoms with E-state index in [1.807, 2.05) is 0 Å². The molecule has 2 aliphatic rings. The number of rotatable bonds is 6. The van der Waals surface area contributed by atoms with Crippen molar-refractivity contribution in [2.75, 3.05) is 32.8 Å². The Bertz CT molecular complexity index is 1020. The first kappa shape index (κ1) is 21.0. The Morgan fingerprint density at radius 2 is 1.87 bits per heavy atom. The lowest BCUT2D eigenvalue weighted by Gasteiger charge is -2.27. The summed E-state index contributed by atoms with van der Waals surface area (Å²) in [4.78, 5) is 17.1. The van der Waals surface area contributed by atoms with Gasteiger partial charge in [-0.15, -0.1) is 0 Å². The van der Waals surface area contributed by atoms with E-state index in [0.29, 0.717) is 25.9 Å². The SMILES string of the molecule is O=C(c1cc(S(=O)(=O)N2CCC(CO)(Cc3ccc(F)cc3)C2)c[nH]1)N1CCCC1. The number of carbonyl (C=O) groups is 1. The number of sulfonamides is 1. The van der Waals surface area contributed by atoms with Crippen LogP contribution in [0.3, 0.4) is 0 Å². The second-order valence-corrected chi connectivity index (χ2v) is 10.2. The molecule has 1 atom stereocenters. The predicted molar refractivity (Wildman–Crippen MR) is 109 cm³/mol. The Morgan fingerprint density at radius 3 is 2.53 bits per heavy atom. The number of aromatic nitrogens is 1. The van der Waals surface area contributed by atoms with E-state index in [1.54, 1.807) is 17.0 Å². The average Bonchev–Trinajstić information content (AvgIpc) is 3.50. The molecule has 0 bridgehead atoms. The summed E-state index contributed by atoms with van der Waals surface area (Å²) in [5.74, 6) is -0.518. The number of amides is 1. The molecule has 2 N–H and O–H groups in total. The maximum Gasteiger partial charge on any atom is 0.270 e. The van der Waals surface area contributed by atoms with Crippen molar-refractivity contribution in [2.45, 2.75) is 30.6 Å². The first-order valence-corrected chi connectivity index (χ1v) is 11.6. The molecule has 1 aromatic carbocycles. The highest BCUT2D eigenvalue weighted by molar-refractivity contribution is 7.89. The summed E-state index contributed by atoms with van der Waals surface area (Å²) in [6, 6.07) is 7.44. The number of aliphatic hydroxyl groups is 1. The van der Waals surface area contributed by atoms with Gasteiger partial charge in [-0.05, 0) is 49.4 Å². The monoisotopic (exact) mass is 435 g/mol. The van der Waals surface area contributed by atoms with Crippen LogP contribution in [-0.2, 0) is 16.4 Å². The van der Waals surface area contributed by atoms with Gasteiger partial charge < -0.3 is 15.0 Å². The van der Waals surface area contributed by atoms with Crippen LogP contribution in [0.4, 0.5) is 4.39 Å². The van der Waals surface area contributed by atoms with Gasteiger partial charge in [-0.2, -0.15) is 4.31 Å². The zero-order valence-electron chi connectivity index (χ0n) is 16.7. The largest absolute Gasteiger partial charge is 0.396 e. The van der Waals surface area contributed by atoms with Gasteiger partial charge in [0.15, 0.2) is 0 Å². The lowest BCUT2D eigenvalue weighted by atomic mass is 9.82. The Balaban J connectivity index is 1.49. The van der Waals surface area contributed by atoms with Gasteiger partial charge in [0.25, 0.3) is 5.91 Å². The summed E-state index contributed by atoms with van der Waals surface area (Å²) in [6.45, 7) is 1.67. The van der Waals surface area contributed by atoms with Crippen LogP contribution in [0.5, 0.6) is 0 Å². The minimum Gasteiger partial charge on any atom is -0.396 e. The van der Waals surface area contributed by atoms with Crippen molar-refractivity contribution >= 4 is 15.9 Å². The second kappa shape index (κ2) is 8.13. The van der Waals surface area contributed by atoms with Gasteiger partial charge >= 0.3 is 0 Å². The van der Waals surface area contributed by atoms with E-state index in [-0.39, 0.29) is 42.0 Å². The van der Waals surface area contributed by atoms with Crippen molar-refractivity contribution in [1.82, 2.24) is 14.2 Å². The van der Waals surface area contributed by atoms with Crippen molar-refractivity contribution in [3.05, 3.63) is 53.6 Å². The number of halogens is 1. The lowest BCUT2D eigenvalue weighted by molar-refractivity contribution is 0.0787. The van der Waals surface area contributed by atoms with Crippen LogP contribution in [-0.4, -0.2) is 66.4 Å². The molecule has 162 valence electrons. The number of benzene rings is 1. The third-order valence-electron chi connectivity index (χ3n) is 6.15. The first-order valence-electron chi connectivity index (χ1n) is 10.2. The Labute approximate surface area is 175 Å². The number of hydrogen-bond acceptors (Lipinski definition) is 4. The lowest BCUT2D eigenvalue weighted by Crippen LogP contribution is -2.35. The second-order valence-electron chi connectivity index (χ2n) is 8.30. The van der Waals surface area contributed by atoms with Crippen LogP contribution in [0.15, 0.2) is 41.4 Å². The van der Waals surface area contributed by atoms with E-state index < -0.39 is 15.4 Å². The fourth-order valence-corrected chi connectivity index (χ4v) is 5.90. The number of H-pyrrole nitrogens is 1. The predicted octanol–water partition coefficient (Wildman–Crippen LogP) is 2.01. The molecule has 2 saturated heterocycles. The molecule has 0 saturated carbocycles. The Kier molecular flexibility index (Phi) is 5.69. The molecular weight excluding hydrogens is 409 g/mol. The minimum atomic E-state index is -3.79. The van der Waals surface area contributed by atoms with Crippen molar-refractivity contribution in [2.24, 2.45) is 5.41 Å². The molecule has 3 heterocycles. The third kappa shape index (κ3) is 4.01. The van der Waals surface area contributed by atoms with Gasteiger partial charge in [0.05, 0.1) is 6.61 Å².